The maximum Gasteiger partial charge on any atom is 0.407 e. The Morgan fingerprint density at radius 1 is 1.35 bits per heavy atom. The van der Waals surface area contributed by atoms with Crippen molar-refractivity contribution in [1.29, 1.82) is 0 Å². The normalized spacial score (nSPS) is 12.8. The SMILES string of the molecule is CC(C)(C)OC(=O)NCC(S)c1ccc(CO[SH2+])cc1. The minimum Gasteiger partial charge on any atom is -0.444 e. The summed E-state index contributed by atoms with van der Waals surface area (Å²) in [6, 6.07) is 7.86. The Bertz CT molecular complexity index is 429. The molecule has 20 heavy (non-hydrogen) atoms. The van der Waals surface area contributed by atoms with E-state index in [2.05, 4.69) is 30.9 Å². The highest BCUT2D eigenvalue weighted by Gasteiger charge is 2.17. The van der Waals surface area contributed by atoms with Crippen LogP contribution in [0.2, 0.25) is 0 Å². The Morgan fingerprint density at radius 3 is 2.45 bits per heavy atom. The second kappa shape index (κ2) is 7.81. The molecule has 6 heteroatoms. The van der Waals surface area contributed by atoms with Crippen LogP contribution in [-0.4, -0.2) is 18.2 Å². The number of hydrogen-bond acceptors (Lipinski definition) is 4. The molecule has 0 saturated heterocycles. The number of rotatable bonds is 5. The first-order valence-electron chi connectivity index (χ1n) is 6.34. The summed E-state index contributed by atoms with van der Waals surface area (Å²) in [5.74, 6) is 0. The van der Waals surface area contributed by atoms with Gasteiger partial charge in [0.1, 0.15) is 25.1 Å². The molecule has 4 nitrogen and oxygen atoms in total. The zero-order valence-electron chi connectivity index (χ0n) is 12.0. The van der Waals surface area contributed by atoms with E-state index in [0.717, 1.165) is 11.1 Å². The van der Waals surface area contributed by atoms with Crippen LogP contribution in [0.3, 0.4) is 0 Å². The third-order valence-corrected chi connectivity index (χ3v) is 3.07. The first kappa shape index (κ1) is 17.2. The third kappa shape index (κ3) is 6.54. The number of benzene rings is 1. The fourth-order valence-corrected chi connectivity index (χ4v) is 1.96. The van der Waals surface area contributed by atoms with Crippen molar-refractivity contribution in [2.45, 2.75) is 38.2 Å². The van der Waals surface area contributed by atoms with Crippen LogP contribution in [-0.2, 0) is 28.4 Å². The van der Waals surface area contributed by atoms with Gasteiger partial charge in [-0.25, -0.2) is 4.79 Å². The summed E-state index contributed by atoms with van der Waals surface area (Å²) < 4.78 is 10.0. The quantitative estimate of drug-likeness (QED) is 0.648. The monoisotopic (exact) mass is 316 g/mol. The Balaban J connectivity index is 2.46. The molecule has 0 radical (unpaired) electrons. The molecule has 1 amide bonds. The van der Waals surface area contributed by atoms with E-state index in [1.807, 2.05) is 45.0 Å². The molecule has 1 N–H and O–H groups in total. The lowest BCUT2D eigenvalue weighted by atomic mass is 10.1. The van der Waals surface area contributed by atoms with Crippen molar-refractivity contribution in [2.75, 3.05) is 6.54 Å². The summed E-state index contributed by atoms with van der Waals surface area (Å²) in [6.07, 6.45) is -0.430. The molecular weight excluding hydrogens is 294 g/mol. The van der Waals surface area contributed by atoms with E-state index in [1.54, 1.807) is 0 Å². The van der Waals surface area contributed by atoms with Gasteiger partial charge in [-0.15, -0.1) is 0 Å². The van der Waals surface area contributed by atoms with Crippen molar-refractivity contribution in [3.05, 3.63) is 35.4 Å². The predicted octanol–water partition coefficient (Wildman–Crippen LogP) is 2.63. The first-order chi connectivity index (χ1) is 9.31. The van der Waals surface area contributed by atoms with Gasteiger partial charge in [0, 0.05) is 11.8 Å². The summed E-state index contributed by atoms with van der Waals surface area (Å²) in [7, 11) is 0. The van der Waals surface area contributed by atoms with Crippen molar-refractivity contribution < 1.29 is 13.7 Å². The Labute approximate surface area is 131 Å². The first-order valence-corrected chi connectivity index (χ1v) is 7.26. The summed E-state index contributed by atoms with van der Waals surface area (Å²) >= 11 is 7.45. The molecule has 0 aromatic heterocycles. The number of carbonyl (C=O) groups excluding carboxylic acids is 1. The van der Waals surface area contributed by atoms with Crippen LogP contribution in [0.4, 0.5) is 4.79 Å². The molecule has 1 aromatic rings. The van der Waals surface area contributed by atoms with Gasteiger partial charge < -0.3 is 10.1 Å². The van der Waals surface area contributed by atoms with Gasteiger partial charge in [-0.2, -0.15) is 16.8 Å². The number of nitrogens with one attached hydrogen (secondary N) is 1. The fraction of sp³-hybridized carbons (Fsp3) is 0.500. The highest BCUT2D eigenvalue weighted by atomic mass is 32.1. The molecule has 0 saturated carbocycles. The van der Waals surface area contributed by atoms with Crippen LogP contribution in [0.1, 0.15) is 37.1 Å². The number of amides is 1. The predicted molar refractivity (Wildman–Crippen MR) is 87.3 cm³/mol. The minimum atomic E-state index is -0.493. The molecule has 0 aliphatic heterocycles. The number of ether oxygens (including phenoxy) is 1. The van der Waals surface area contributed by atoms with E-state index in [-0.39, 0.29) is 5.25 Å². The van der Waals surface area contributed by atoms with Gasteiger partial charge >= 0.3 is 6.09 Å². The van der Waals surface area contributed by atoms with Gasteiger partial charge in [0.15, 0.2) is 0 Å². The number of alkyl carbamates (subject to hydrolysis) is 1. The van der Waals surface area contributed by atoms with E-state index in [0.29, 0.717) is 13.2 Å². The van der Waals surface area contributed by atoms with E-state index >= 15 is 0 Å². The van der Waals surface area contributed by atoms with Crippen LogP contribution in [0.25, 0.3) is 0 Å². The lowest BCUT2D eigenvalue weighted by Gasteiger charge is -2.20. The standard InChI is InChI=1S/C14H21NO3S2/c1-14(2,3)18-13(16)15-8-12(19)11-6-4-10(5-7-11)9-17-20/h4-7,12,19-20H,8-9H2,1-3H3,(H,15,16)/p+1. The summed E-state index contributed by atoms with van der Waals surface area (Å²) in [5.41, 5.74) is 1.60. The Kier molecular flexibility index (Phi) is 6.71. The van der Waals surface area contributed by atoms with Gasteiger partial charge in [-0.1, -0.05) is 24.3 Å². The zero-order valence-corrected chi connectivity index (χ0v) is 13.9. The van der Waals surface area contributed by atoms with Gasteiger partial charge in [-0.05, 0) is 31.9 Å². The van der Waals surface area contributed by atoms with Crippen molar-refractivity contribution >= 4 is 31.6 Å². The maximum absolute atomic E-state index is 11.5. The summed E-state index contributed by atoms with van der Waals surface area (Å²) in [5, 5.41) is 2.62. The van der Waals surface area contributed by atoms with Crippen molar-refractivity contribution in [1.82, 2.24) is 5.32 Å². The van der Waals surface area contributed by atoms with Crippen molar-refractivity contribution in [3.8, 4) is 0 Å². The number of thiol groups is 1. The smallest absolute Gasteiger partial charge is 0.407 e. The average Bonchev–Trinajstić information content (AvgIpc) is 2.35. The minimum absolute atomic E-state index is 0.0824. The Hall–Kier alpha value is -0.850. The lowest BCUT2D eigenvalue weighted by molar-refractivity contribution is 0.0528. The molecule has 1 atom stereocenters. The summed E-state index contributed by atoms with van der Waals surface area (Å²) in [6.45, 7) is 6.40. The molecule has 1 rings (SSSR count). The van der Waals surface area contributed by atoms with Gasteiger partial charge in [0.25, 0.3) is 0 Å². The number of carbonyl (C=O) groups is 1. The highest BCUT2D eigenvalue weighted by molar-refractivity contribution is 7.80. The van der Waals surface area contributed by atoms with E-state index in [9.17, 15) is 4.79 Å². The van der Waals surface area contributed by atoms with E-state index in [1.165, 1.54) is 0 Å². The zero-order chi connectivity index (χ0) is 15.2. The molecular formula is C14H22NO3S2+. The molecule has 0 fully saturated rings. The topological polar surface area (TPSA) is 47.6 Å². The third-order valence-electron chi connectivity index (χ3n) is 2.44. The molecule has 0 heterocycles. The maximum atomic E-state index is 11.5. The largest absolute Gasteiger partial charge is 0.444 e. The van der Waals surface area contributed by atoms with Crippen LogP contribution in [0.5, 0.6) is 0 Å². The van der Waals surface area contributed by atoms with Crippen LogP contribution in [0.15, 0.2) is 24.3 Å². The van der Waals surface area contributed by atoms with Gasteiger partial charge in [-0.3, -0.25) is 0 Å². The van der Waals surface area contributed by atoms with Crippen LogP contribution in [0, 0.1) is 0 Å². The van der Waals surface area contributed by atoms with Crippen LogP contribution >= 0.6 is 12.6 Å². The molecule has 0 spiro atoms. The van der Waals surface area contributed by atoms with Crippen LogP contribution < -0.4 is 5.32 Å². The average molecular weight is 316 g/mol. The summed E-state index contributed by atoms with van der Waals surface area (Å²) in [4.78, 5) is 11.5. The molecule has 0 bridgehead atoms. The number of hydrogen-bond donors (Lipinski definition) is 2. The lowest BCUT2D eigenvalue weighted by Crippen LogP contribution is -2.34. The van der Waals surface area contributed by atoms with E-state index in [4.69, 9.17) is 8.92 Å². The molecule has 0 aliphatic rings. The van der Waals surface area contributed by atoms with E-state index < -0.39 is 11.7 Å². The molecule has 0 aliphatic carbocycles. The molecule has 1 unspecified atom stereocenters. The second-order valence-corrected chi connectivity index (χ2v) is 6.34. The Morgan fingerprint density at radius 2 is 1.95 bits per heavy atom. The van der Waals surface area contributed by atoms with Crippen molar-refractivity contribution in [2.24, 2.45) is 0 Å². The highest BCUT2D eigenvalue weighted by Crippen LogP contribution is 2.20. The van der Waals surface area contributed by atoms with Gasteiger partial charge in [0.2, 0.25) is 0 Å². The second-order valence-electron chi connectivity index (χ2n) is 5.43. The van der Waals surface area contributed by atoms with Crippen molar-refractivity contribution in [3.63, 3.8) is 0 Å². The van der Waals surface area contributed by atoms with Gasteiger partial charge in [0.05, 0.1) is 0 Å². The fourth-order valence-electron chi connectivity index (χ4n) is 1.53. The molecule has 1 aromatic carbocycles. The molecule has 112 valence electrons.